The molecular formula is C19H18FN5O3S. The quantitative estimate of drug-likeness (QED) is 0.488. The van der Waals surface area contributed by atoms with Crippen molar-refractivity contribution in [3.63, 3.8) is 0 Å². The minimum atomic E-state index is -0.505. The van der Waals surface area contributed by atoms with E-state index in [1.165, 1.54) is 16.8 Å². The van der Waals surface area contributed by atoms with E-state index in [9.17, 15) is 9.18 Å². The van der Waals surface area contributed by atoms with Gasteiger partial charge in [-0.3, -0.25) is 4.79 Å². The molecule has 1 aromatic heterocycles. The first-order valence-electron chi connectivity index (χ1n) is 8.85. The number of nitrogens with one attached hydrogen (secondary N) is 1. The highest BCUT2D eigenvalue weighted by molar-refractivity contribution is 8.00. The van der Waals surface area contributed by atoms with Gasteiger partial charge in [-0.1, -0.05) is 23.9 Å². The fourth-order valence-corrected chi connectivity index (χ4v) is 3.53. The van der Waals surface area contributed by atoms with Gasteiger partial charge in [0.25, 0.3) is 0 Å². The Bertz CT molecular complexity index is 1060. The Labute approximate surface area is 170 Å². The molecule has 0 spiro atoms. The first-order chi connectivity index (χ1) is 14.0. The van der Waals surface area contributed by atoms with Crippen molar-refractivity contribution < 1.29 is 18.7 Å². The van der Waals surface area contributed by atoms with Crippen molar-refractivity contribution in [2.75, 3.05) is 24.4 Å². The molecule has 2 heterocycles. The number of fused-ring (bicyclic) bond motifs is 1. The van der Waals surface area contributed by atoms with Crippen LogP contribution in [0.25, 0.3) is 11.4 Å². The van der Waals surface area contributed by atoms with Crippen molar-refractivity contribution in [3.05, 3.63) is 48.3 Å². The molecule has 3 N–H and O–H groups in total. The molecule has 2 aromatic carbocycles. The van der Waals surface area contributed by atoms with Gasteiger partial charge in [-0.25, -0.2) is 9.07 Å². The number of ether oxygens (including phenoxy) is 2. The Morgan fingerprint density at radius 3 is 2.79 bits per heavy atom. The van der Waals surface area contributed by atoms with Crippen molar-refractivity contribution in [2.45, 2.75) is 17.3 Å². The first-order valence-corrected chi connectivity index (χ1v) is 9.73. The number of aromatic nitrogens is 3. The number of amides is 1. The van der Waals surface area contributed by atoms with Gasteiger partial charge in [0.2, 0.25) is 11.1 Å². The Balaban J connectivity index is 1.44. The number of nitrogens with zero attached hydrogens (tertiary/aromatic N) is 3. The Morgan fingerprint density at radius 1 is 1.21 bits per heavy atom. The second kappa shape index (κ2) is 8.00. The Hall–Kier alpha value is -3.27. The molecule has 3 aromatic rings. The number of nitrogens with two attached hydrogens (primary N) is 1. The maximum Gasteiger partial charge on any atom is 0.237 e. The molecule has 1 aliphatic rings. The number of thioether (sulfide) groups is 1. The molecular weight excluding hydrogens is 397 g/mol. The smallest absolute Gasteiger partial charge is 0.237 e. The molecule has 0 saturated carbocycles. The summed E-state index contributed by atoms with van der Waals surface area (Å²) in [4.78, 5) is 12.6. The molecule has 1 aliphatic heterocycles. The summed E-state index contributed by atoms with van der Waals surface area (Å²) < 4.78 is 25.7. The monoisotopic (exact) mass is 415 g/mol. The fraction of sp³-hybridized carbons (Fsp3) is 0.211. The van der Waals surface area contributed by atoms with Crippen LogP contribution in [-0.4, -0.2) is 39.2 Å². The van der Waals surface area contributed by atoms with Crippen molar-refractivity contribution in [1.29, 1.82) is 0 Å². The van der Waals surface area contributed by atoms with E-state index in [0.29, 0.717) is 46.9 Å². The highest BCUT2D eigenvalue weighted by atomic mass is 32.2. The molecule has 1 atom stereocenters. The molecule has 150 valence electrons. The van der Waals surface area contributed by atoms with Crippen LogP contribution in [0.3, 0.4) is 0 Å². The lowest BCUT2D eigenvalue weighted by molar-refractivity contribution is -0.115. The zero-order chi connectivity index (χ0) is 20.4. The number of benzene rings is 2. The molecule has 0 unspecified atom stereocenters. The zero-order valence-electron chi connectivity index (χ0n) is 15.5. The summed E-state index contributed by atoms with van der Waals surface area (Å²) >= 11 is 1.15. The second-order valence-corrected chi connectivity index (χ2v) is 7.60. The predicted octanol–water partition coefficient (Wildman–Crippen LogP) is 2.69. The molecule has 10 heteroatoms. The minimum Gasteiger partial charge on any atom is -0.486 e. The summed E-state index contributed by atoms with van der Waals surface area (Å²) in [6.45, 7) is 2.70. The standard InChI is InChI=1S/C19H18FN5O3S/c1-11(18(26)22-14-5-6-15-16(10-14)28-8-7-27-15)29-19-24-23-17(25(19)21)12-3-2-4-13(20)9-12/h2-6,9-11H,7-8,21H2,1H3,(H,22,26)/t11-/m1/s1. The molecule has 4 rings (SSSR count). The number of anilines is 1. The number of rotatable bonds is 5. The third-order valence-corrected chi connectivity index (χ3v) is 5.27. The van der Waals surface area contributed by atoms with Crippen LogP contribution in [0.1, 0.15) is 6.92 Å². The molecule has 0 fully saturated rings. The van der Waals surface area contributed by atoms with Gasteiger partial charge >= 0.3 is 0 Å². The molecule has 29 heavy (non-hydrogen) atoms. The van der Waals surface area contributed by atoms with Crippen LogP contribution in [0.15, 0.2) is 47.6 Å². The topological polar surface area (TPSA) is 104 Å². The van der Waals surface area contributed by atoms with E-state index < -0.39 is 11.1 Å². The van der Waals surface area contributed by atoms with Gasteiger partial charge in [0.15, 0.2) is 17.3 Å². The van der Waals surface area contributed by atoms with E-state index >= 15 is 0 Å². The Morgan fingerprint density at radius 2 is 2.00 bits per heavy atom. The van der Waals surface area contributed by atoms with Gasteiger partial charge in [-0.15, -0.1) is 10.2 Å². The van der Waals surface area contributed by atoms with Gasteiger partial charge in [-0.2, -0.15) is 0 Å². The lowest BCUT2D eigenvalue weighted by Gasteiger charge is -2.19. The Kier molecular flexibility index (Phi) is 5.26. The van der Waals surface area contributed by atoms with E-state index in [0.717, 1.165) is 11.8 Å². The van der Waals surface area contributed by atoms with E-state index in [-0.39, 0.29) is 5.91 Å². The van der Waals surface area contributed by atoms with Gasteiger partial charge in [0, 0.05) is 17.3 Å². The van der Waals surface area contributed by atoms with E-state index in [1.807, 2.05) is 0 Å². The number of carbonyl (C=O) groups excluding carboxylic acids is 1. The first kappa shape index (κ1) is 19.1. The SMILES string of the molecule is C[C@@H](Sc1nnc(-c2cccc(F)c2)n1N)C(=O)Nc1ccc2c(c1)OCCO2. The van der Waals surface area contributed by atoms with Gasteiger partial charge in [-0.05, 0) is 31.2 Å². The van der Waals surface area contributed by atoms with Crippen molar-refractivity contribution in [1.82, 2.24) is 14.9 Å². The zero-order valence-corrected chi connectivity index (χ0v) is 16.3. The van der Waals surface area contributed by atoms with E-state index in [4.69, 9.17) is 15.3 Å². The average Bonchev–Trinajstić information content (AvgIpc) is 3.08. The average molecular weight is 415 g/mol. The lowest BCUT2D eigenvalue weighted by atomic mass is 10.2. The maximum absolute atomic E-state index is 13.4. The van der Waals surface area contributed by atoms with Gasteiger partial charge in [0.1, 0.15) is 19.0 Å². The number of halogens is 1. The highest BCUT2D eigenvalue weighted by Crippen LogP contribution is 2.33. The van der Waals surface area contributed by atoms with Crippen LogP contribution in [0.5, 0.6) is 11.5 Å². The summed E-state index contributed by atoms with van der Waals surface area (Å²) in [5, 5.41) is 10.7. The molecule has 0 saturated heterocycles. The van der Waals surface area contributed by atoms with Gasteiger partial charge < -0.3 is 20.6 Å². The summed E-state index contributed by atoms with van der Waals surface area (Å²) in [6.07, 6.45) is 0. The molecule has 0 aliphatic carbocycles. The van der Waals surface area contributed by atoms with Crippen LogP contribution < -0.4 is 20.6 Å². The number of carbonyl (C=O) groups is 1. The summed E-state index contributed by atoms with van der Waals surface area (Å²) in [5.41, 5.74) is 1.10. The summed E-state index contributed by atoms with van der Waals surface area (Å²) in [7, 11) is 0. The minimum absolute atomic E-state index is 0.234. The molecule has 0 radical (unpaired) electrons. The summed E-state index contributed by atoms with van der Waals surface area (Å²) in [6, 6.07) is 11.1. The van der Waals surface area contributed by atoms with Crippen molar-refractivity contribution in [2.24, 2.45) is 0 Å². The third-order valence-electron chi connectivity index (χ3n) is 4.21. The van der Waals surface area contributed by atoms with E-state index in [1.54, 1.807) is 37.3 Å². The molecule has 0 bridgehead atoms. The fourth-order valence-electron chi connectivity index (χ4n) is 2.76. The predicted molar refractivity (Wildman–Crippen MR) is 107 cm³/mol. The number of nitrogen functional groups attached to an aromatic ring is 1. The van der Waals surface area contributed by atoms with Crippen LogP contribution in [0.2, 0.25) is 0 Å². The maximum atomic E-state index is 13.4. The van der Waals surface area contributed by atoms with Crippen LogP contribution in [0.4, 0.5) is 10.1 Å². The third kappa shape index (κ3) is 4.11. The summed E-state index contributed by atoms with van der Waals surface area (Å²) in [5.74, 6) is 6.97. The van der Waals surface area contributed by atoms with Crippen LogP contribution >= 0.6 is 11.8 Å². The highest BCUT2D eigenvalue weighted by Gasteiger charge is 2.21. The number of hydrogen-bond acceptors (Lipinski definition) is 7. The largest absolute Gasteiger partial charge is 0.486 e. The molecule has 8 nitrogen and oxygen atoms in total. The van der Waals surface area contributed by atoms with E-state index in [2.05, 4.69) is 15.5 Å². The second-order valence-electron chi connectivity index (χ2n) is 6.29. The van der Waals surface area contributed by atoms with Crippen LogP contribution in [-0.2, 0) is 4.79 Å². The van der Waals surface area contributed by atoms with Gasteiger partial charge in [0.05, 0.1) is 5.25 Å². The molecule has 1 amide bonds. The lowest BCUT2D eigenvalue weighted by Crippen LogP contribution is -2.24. The van der Waals surface area contributed by atoms with Crippen LogP contribution in [0, 0.1) is 5.82 Å². The van der Waals surface area contributed by atoms with Crippen molar-refractivity contribution in [3.8, 4) is 22.9 Å². The normalized spacial score (nSPS) is 13.7. The van der Waals surface area contributed by atoms with Crippen molar-refractivity contribution >= 4 is 23.4 Å². The number of hydrogen-bond donors (Lipinski definition) is 2.